The molecule has 2 saturated heterocycles. The summed E-state index contributed by atoms with van der Waals surface area (Å²) in [4.78, 5) is 31.2. The van der Waals surface area contributed by atoms with E-state index < -0.39 is 0 Å². The molecule has 0 spiro atoms. The highest BCUT2D eigenvalue weighted by molar-refractivity contribution is 5.93. The first kappa shape index (κ1) is 31.3. The maximum absolute atomic E-state index is 13.2. The first-order valence-electron chi connectivity index (χ1n) is 16.8. The van der Waals surface area contributed by atoms with E-state index in [1.165, 1.54) is 0 Å². The standard InChI is InChI=1S/C34H52N6O4/c1-20(40-17-23(33(2,3)4)28(19-40)36-32(42)26-15-30(44-38-26)22-10-11-22)12-13-34(5,6)24-16-39(7)18-27(24)35-31(41)25-14-29(43-37-25)21-8-9-21/h14-15,20-24,27-28H,8-13,16-19H2,1-7H3,(H,35,41)(H,36,42)/t20?,23-,24-,27-,28-/m0/s1. The van der Waals surface area contributed by atoms with E-state index in [1.807, 2.05) is 12.1 Å². The summed E-state index contributed by atoms with van der Waals surface area (Å²) in [5.41, 5.74) is 0.867. The zero-order chi connectivity index (χ0) is 31.4. The summed E-state index contributed by atoms with van der Waals surface area (Å²) in [6.07, 6.45) is 6.56. The average Bonchev–Trinajstić information content (AvgIpc) is 3.76. The fourth-order valence-corrected chi connectivity index (χ4v) is 7.50. The SMILES string of the molecule is CC(CCC(C)(C)[C@H]1CN(C)C[C@@H]1NC(=O)c1cc(C2CC2)on1)N1C[C@H](NC(=O)c2cc(C3CC3)on2)[C@@H](C(C)(C)C)C1. The van der Waals surface area contributed by atoms with Crippen LogP contribution >= 0.6 is 0 Å². The summed E-state index contributed by atoms with van der Waals surface area (Å²) in [7, 11) is 2.14. The van der Waals surface area contributed by atoms with E-state index in [0.717, 1.165) is 76.2 Å². The van der Waals surface area contributed by atoms with Crippen LogP contribution in [0.4, 0.5) is 0 Å². The van der Waals surface area contributed by atoms with Gasteiger partial charge in [-0.2, -0.15) is 0 Å². The number of hydrogen-bond donors (Lipinski definition) is 2. The molecule has 242 valence electrons. The van der Waals surface area contributed by atoms with E-state index in [0.29, 0.717) is 41.1 Å². The van der Waals surface area contributed by atoms with Gasteiger partial charge in [-0.05, 0) is 75.2 Å². The highest BCUT2D eigenvalue weighted by Crippen LogP contribution is 2.42. The molecule has 1 unspecified atom stereocenters. The van der Waals surface area contributed by atoms with Crippen LogP contribution in [-0.2, 0) is 0 Å². The van der Waals surface area contributed by atoms with E-state index in [9.17, 15) is 9.59 Å². The Morgan fingerprint density at radius 1 is 0.841 bits per heavy atom. The van der Waals surface area contributed by atoms with Crippen molar-refractivity contribution in [3.8, 4) is 0 Å². The van der Waals surface area contributed by atoms with Crippen LogP contribution in [0, 0.1) is 22.7 Å². The normalized spacial score (nSPS) is 27.5. The van der Waals surface area contributed by atoms with Crippen molar-refractivity contribution in [1.82, 2.24) is 30.7 Å². The van der Waals surface area contributed by atoms with Gasteiger partial charge in [0, 0.05) is 68.3 Å². The lowest BCUT2D eigenvalue weighted by molar-refractivity contribution is 0.0880. The highest BCUT2D eigenvalue weighted by atomic mass is 16.5. The molecule has 2 saturated carbocycles. The van der Waals surface area contributed by atoms with Crippen LogP contribution in [0.15, 0.2) is 21.2 Å². The fraction of sp³-hybridized carbons (Fsp3) is 0.765. The van der Waals surface area contributed by atoms with Crippen LogP contribution in [0.5, 0.6) is 0 Å². The molecule has 2 aliphatic carbocycles. The van der Waals surface area contributed by atoms with Crippen LogP contribution in [-0.4, -0.2) is 83.3 Å². The Morgan fingerprint density at radius 2 is 1.36 bits per heavy atom. The van der Waals surface area contributed by atoms with Crippen molar-refractivity contribution in [2.24, 2.45) is 22.7 Å². The number of nitrogens with one attached hydrogen (secondary N) is 2. The number of nitrogens with zero attached hydrogens (tertiary/aromatic N) is 4. The Labute approximate surface area is 262 Å². The van der Waals surface area contributed by atoms with Crippen LogP contribution in [0.1, 0.15) is 124 Å². The molecule has 5 atom stereocenters. The van der Waals surface area contributed by atoms with Gasteiger partial charge in [0.15, 0.2) is 11.4 Å². The van der Waals surface area contributed by atoms with Gasteiger partial charge in [-0.3, -0.25) is 14.5 Å². The second kappa shape index (κ2) is 11.9. The number of carbonyl (C=O) groups excluding carboxylic acids is 2. The van der Waals surface area contributed by atoms with Gasteiger partial charge in [0.2, 0.25) is 0 Å². The molecule has 44 heavy (non-hydrogen) atoms. The second-order valence-electron chi connectivity index (χ2n) is 16.1. The van der Waals surface area contributed by atoms with Crippen molar-refractivity contribution in [1.29, 1.82) is 0 Å². The zero-order valence-electron chi connectivity index (χ0n) is 27.7. The number of likely N-dealkylation sites (tertiary alicyclic amines) is 2. The third kappa shape index (κ3) is 6.91. The molecule has 0 aromatic carbocycles. The summed E-state index contributed by atoms with van der Waals surface area (Å²) < 4.78 is 10.9. The van der Waals surface area contributed by atoms with Crippen molar-refractivity contribution in [2.45, 2.75) is 110 Å². The number of amides is 2. The topological polar surface area (TPSA) is 117 Å². The lowest BCUT2D eigenvalue weighted by Crippen LogP contribution is -2.46. The third-order valence-electron chi connectivity index (χ3n) is 10.9. The summed E-state index contributed by atoms with van der Waals surface area (Å²) in [5, 5.41) is 14.8. The molecule has 2 N–H and O–H groups in total. The number of hydrogen-bond acceptors (Lipinski definition) is 8. The molecule has 4 aliphatic rings. The van der Waals surface area contributed by atoms with E-state index >= 15 is 0 Å². The number of rotatable bonds is 11. The summed E-state index contributed by atoms with van der Waals surface area (Å²) in [6, 6.07) is 4.13. The highest BCUT2D eigenvalue weighted by Gasteiger charge is 2.45. The second-order valence-corrected chi connectivity index (χ2v) is 16.1. The maximum atomic E-state index is 13.2. The minimum Gasteiger partial charge on any atom is -0.360 e. The first-order valence-corrected chi connectivity index (χ1v) is 16.8. The zero-order valence-corrected chi connectivity index (χ0v) is 27.7. The Balaban J connectivity index is 1.05. The monoisotopic (exact) mass is 608 g/mol. The molecule has 10 heteroatoms. The summed E-state index contributed by atoms with van der Waals surface area (Å²) in [6.45, 7) is 17.4. The van der Waals surface area contributed by atoms with E-state index in [1.54, 1.807) is 0 Å². The molecule has 2 aliphatic heterocycles. The van der Waals surface area contributed by atoms with Crippen molar-refractivity contribution < 1.29 is 18.6 Å². The van der Waals surface area contributed by atoms with Gasteiger partial charge in [0.05, 0.1) is 0 Å². The predicted molar refractivity (Wildman–Crippen MR) is 167 cm³/mol. The Bertz CT molecular complexity index is 1340. The number of likely N-dealkylation sites (N-methyl/N-ethyl adjacent to an activating group) is 1. The molecule has 0 bridgehead atoms. The molecular weight excluding hydrogens is 556 g/mol. The Hall–Kier alpha value is -2.72. The van der Waals surface area contributed by atoms with Gasteiger partial charge in [0.25, 0.3) is 11.8 Å². The van der Waals surface area contributed by atoms with Gasteiger partial charge < -0.3 is 24.6 Å². The molecular formula is C34H52N6O4. The number of aromatic nitrogens is 2. The smallest absolute Gasteiger partial charge is 0.273 e. The molecule has 2 aromatic rings. The molecule has 0 radical (unpaired) electrons. The molecule has 4 fully saturated rings. The average molecular weight is 609 g/mol. The lowest BCUT2D eigenvalue weighted by Gasteiger charge is -2.37. The fourth-order valence-electron chi connectivity index (χ4n) is 7.50. The van der Waals surface area contributed by atoms with E-state index in [2.05, 4.69) is 79.3 Å². The van der Waals surface area contributed by atoms with Gasteiger partial charge in [-0.1, -0.05) is 44.9 Å². The lowest BCUT2D eigenvalue weighted by atomic mass is 9.72. The van der Waals surface area contributed by atoms with Gasteiger partial charge in [0.1, 0.15) is 11.5 Å². The van der Waals surface area contributed by atoms with Crippen molar-refractivity contribution in [3.63, 3.8) is 0 Å². The van der Waals surface area contributed by atoms with E-state index in [-0.39, 0.29) is 34.7 Å². The predicted octanol–water partition coefficient (Wildman–Crippen LogP) is 5.05. The molecule has 2 aromatic heterocycles. The van der Waals surface area contributed by atoms with Gasteiger partial charge in [-0.25, -0.2) is 0 Å². The van der Waals surface area contributed by atoms with Crippen LogP contribution in [0.25, 0.3) is 0 Å². The Kier molecular flexibility index (Phi) is 8.45. The molecule has 2 amide bonds. The Morgan fingerprint density at radius 3 is 1.86 bits per heavy atom. The maximum Gasteiger partial charge on any atom is 0.273 e. The van der Waals surface area contributed by atoms with Crippen molar-refractivity contribution in [2.75, 3.05) is 33.2 Å². The summed E-state index contributed by atoms with van der Waals surface area (Å²) in [5.74, 6) is 2.93. The van der Waals surface area contributed by atoms with E-state index in [4.69, 9.17) is 9.05 Å². The summed E-state index contributed by atoms with van der Waals surface area (Å²) >= 11 is 0. The minimum absolute atomic E-state index is 0.0307. The molecule has 10 nitrogen and oxygen atoms in total. The van der Waals surface area contributed by atoms with Crippen molar-refractivity contribution in [3.05, 3.63) is 35.0 Å². The number of carbonyl (C=O) groups is 2. The van der Waals surface area contributed by atoms with Crippen molar-refractivity contribution >= 4 is 11.8 Å². The quantitative estimate of drug-likeness (QED) is 0.364. The minimum atomic E-state index is -0.136. The first-order chi connectivity index (χ1) is 20.8. The van der Waals surface area contributed by atoms with Gasteiger partial charge in [-0.15, -0.1) is 0 Å². The van der Waals surface area contributed by atoms with Crippen LogP contribution in [0.3, 0.4) is 0 Å². The van der Waals surface area contributed by atoms with Gasteiger partial charge >= 0.3 is 0 Å². The largest absolute Gasteiger partial charge is 0.360 e. The molecule has 6 rings (SSSR count). The van der Waals surface area contributed by atoms with Crippen LogP contribution in [0.2, 0.25) is 0 Å². The molecule has 4 heterocycles. The van der Waals surface area contributed by atoms with Crippen LogP contribution < -0.4 is 10.6 Å². The third-order valence-corrected chi connectivity index (χ3v) is 10.9.